The highest BCUT2D eigenvalue weighted by atomic mass is 32.2. The molecule has 0 aromatic heterocycles. The summed E-state index contributed by atoms with van der Waals surface area (Å²) in [5.41, 5.74) is 10.2. The fourth-order valence-electron chi connectivity index (χ4n) is 2.04. The summed E-state index contributed by atoms with van der Waals surface area (Å²) < 4.78 is 0. The summed E-state index contributed by atoms with van der Waals surface area (Å²) in [4.78, 5) is 58.4. The Morgan fingerprint density at radius 3 is 2.04 bits per heavy atom. The Morgan fingerprint density at radius 1 is 1.00 bits per heavy atom. The number of carbonyl (C=O) groups is 5. The number of carbonyl (C=O) groups excluding carboxylic acids is 4. The Morgan fingerprint density at radius 2 is 1.57 bits per heavy atom. The Kier molecular flexibility index (Phi) is 13.1. The van der Waals surface area contributed by atoms with Crippen LogP contribution >= 0.6 is 24.4 Å². The molecule has 0 saturated heterocycles. The number of hydrogen-bond acceptors (Lipinski definition) is 8. The van der Waals surface area contributed by atoms with Gasteiger partial charge in [-0.25, -0.2) is 4.79 Å². The molecular formula is C15H27N5O6S2. The van der Waals surface area contributed by atoms with Crippen molar-refractivity contribution in [2.75, 3.05) is 24.3 Å². The maximum absolute atomic E-state index is 12.5. The van der Waals surface area contributed by atoms with Gasteiger partial charge >= 0.3 is 5.97 Å². The molecule has 0 aromatic rings. The molecule has 0 heterocycles. The van der Waals surface area contributed by atoms with Gasteiger partial charge < -0.3 is 32.5 Å². The smallest absolute Gasteiger partial charge is 0.326 e. The second-order valence-corrected chi connectivity index (χ2v) is 7.10. The number of nitrogens with one attached hydrogen (secondary N) is 3. The fraction of sp³-hybridized carbons (Fsp3) is 0.667. The Hall–Kier alpha value is -1.99. The number of aliphatic carboxylic acids is 1. The van der Waals surface area contributed by atoms with Crippen LogP contribution in [0.1, 0.15) is 19.3 Å². The molecule has 0 fully saturated rings. The van der Waals surface area contributed by atoms with Crippen molar-refractivity contribution in [1.29, 1.82) is 0 Å². The van der Waals surface area contributed by atoms with E-state index >= 15 is 0 Å². The van der Waals surface area contributed by atoms with Crippen molar-refractivity contribution < 1.29 is 29.1 Å². The van der Waals surface area contributed by atoms with Gasteiger partial charge in [-0.2, -0.15) is 24.4 Å². The van der Waals surface area contributed by atoms with Crippen molar-refractivity contribution in [3.63, 3.8) is 0 Å². The maximum atomic E-state index is 12.5. The monoisotopic (exact) mass is 437 g/mol. The predicted molar refractivity (Wildman–Crippen MR) is 108 cm³/mol. The lowest BCUT2D eigenvalue weighted by molar-refractivity contribution is -0.142. The molecule has 8 N–H and O–H groups in total. The van der Waals surface area contributed by atoms with E-state index < -0.39 is 47.7 Å². The molecule has 0 bridgehead atoms. The van der Waals surface area contributed by atoms with Gasteiger partial charge in [0.25, 0.3) is 0 Å². The molecule has 0 aliphatic carbocycles. The normalized spacial score (nSPS) is 13.7. The van der Waals surface area contributed by atoms with E-state index in [1.54, 1.807) is 0 Å². The van der Waals surface area contributed by atoms with Gasteiger partial charge in [0, 0.05) is 12.2 Å². The van der Waals surface area contributed by atoms with E-state index in [2.05, 4.69) is 28.6 Å². The van der Waals surface area contributed by atoms with E-state index in [1.807, 2.05) is 6.26 Å². The summed E-state index contributed by atoms with van der Waals surface area (Å²) in [6, 6.07) is -3.37. The zero-order valence-corrected chi connectivity index (χ0v) is 17.2. The predicted octanol–water partition coefficient (Wildman–Crippen LogP) is -2.57. The second kappa shape index (κ2) is 14.1. The van der Waals surface area contributed by atoms with E-state index in [4.69, 9.17) is 11.5 Å². The fourth-order valence-corrected chi connectivity index (χ4v) is 2.77. The standard InChI is InChI=1S/C15H27N5O6S2/c1-28-5-4-8(19-14(24)10(7-27)18-12(22)6-16)13(23)20-9(15(25)26)2-3-11(17)21/h8-10,27H,2-7,16H2,1H3,(H2,17,21)(H,18,22)(H,19,24)(H,20,23)(H,25,26). The first-order chi connectivity index (χ1) is 13.2. The highest BCUT2D eigenvalue weighted by molar-refractivity contribution is 7.98. The second-order valence-electron chi connectivity index (χ2n) is 5.75. The van der Waals surface area contributed by atoms with Crippen LogP contribution in [0.25, 0.3) is 0 Å². The van der Waals surface area contributed by atoms with Crippen LogP contribution < -0.4 is 27.4 Å². The van der Waals surface area contributed by atoms with Crippen molar-refractivity contribution >= 4 is 54.0 Å². The molecule has 0 radical (unpaired) electrons. The zero-order valence-electron chi connectivity index (χ0n) is 15.5. The molecule has 0 aliphatic heterocycles. The highest BCUT2D eigenvalue weighted by Crippen LogP contribution is 2.05. The van der Waals surface area contributed by atoms with E-state index in [0.29, 0.717) is 5.75 Å². The molecule has 0 spiro atoms. The number of thiol groups is 1. The topological polar surface area (TPSA) is 194 Å². The van der Waals surface area contributed by atoms with Crippen LogP contribution in [0.15, 0.2) is 0 Å². The largest absolute Gasteiger partial charge is 0.480 e. The summed E-state index contributed by atoms with van der Waals surface area (Å²) in [6.07, 6.45) is 1.64. The third-order valence-corrected chi connectivity index (χ3v) is 4.57. The summed E-state index contributed by atoms with van der Waals surface area (Å²) in [5, 5.41) is 16.4. The number of hydrogen-bond donors (Lipinski definition) is 7. The number of primary amides is 1. The van der Waals surface area contributed by atoms with Gasteiger partial charge in [-0.05, 0) is 24.9 Å². The third-order valence-electron chi connectivity index (χ3n) is 3.56. The number of carboxylic acids is 1. The molecule has 28 heavy (non-hydrogen) atoms. The molecule has 11 nitrogen and oxygen atoms in total. The lowest BCUT2D eigenvalue weighted by Gasteiger charge is -2.23. The molecule has 13 heteroatoms. The lowest BCUT2D eigenvalue weighted by Crippen LogP contribution is -2.56. The first-order valence-electron chi connectivity index (χ1n) is 8.37. The minimum atomic E-state index is -1.33. The van der Waals surface area contributed by atoms with E-state index in [-0.39, 0.29) is 31.6 Å². The van der Waals surface area contributed by atoms with E-state index in [0.717, 1.165) is 0 Å². The number of amides is 4. The van der Waals surface area contributed by atoms with Gasteiger partial charge in [0.2, 0.25) is 23.6 Å². The van der Waals surface area contributed by atoms with Crippen LogP contribution in [0.2, 0.25) is 0 Å². The third kappa shape index (κ3) is 10.4. The van der Waals surface area contributed by atoms with E-state index in [1.165, 1.54) is 11.8 Å². The molecular weight excluding hydrogens is 410 g/mol. The van der Waals surface area contributed by atoms with Crippen molar-refractivity contribution in [2.45, 2.75) is 37.4 Å². The minimum Gasteiger partial charge on any atom is -0.480 e. The first-order valence-corrected chi connectivity index (χ1v) is 10.4. The molecule has 4 amide bonds. The van der Waals surface area contributed by atoms with Gasteiger partial charge in [0.15, 0.2) is 0 Å². The molecule has 0 aliphatic rings. The molecule has 0 saturated carbocycles. The van der Waals surface area contributed by atoms with Crippen molar-refractivity contribution in [2.24, 2.45) is 11.5 Å². The first kappa shape index (κ1) is 26.0. The van der Waals surface area contributed by atoms with Gasteiger partial charge in [0.05, 0.1) is 6.54 Å². The van der Waals surface area contributed by atoms with Gasteiger partial charge in [-0.1, -0.05) is 0 Å². The Labute approximate surface area is 172 Å². The lowest BCUT2D eigenvalue weighted by atomic mass is 10.1. The molecule has 0 rings (SSSR count). The zero-order chi connectivity index (χ0) is 21.7. The minimum absolute atomic E-state index is 0.0230. The van der Waals surface area contributed by atoms with Gasteiger partial charge in [-0.15, -0.1) is 0 Å². The average molecular weight is 438 g/mol. The highest BCUT2D eigenvalue weighted by Gasteiger charge is 2.28. The van der Waals surface area contributed by atoms with Crippen LogP contribution in [-0.4, -0.2) is 77.1 Å². The van der Waals surface area contributed by atoms with Crippen LogP contribution in [-0.2, 0) is 24.0 Å². The number of nitrogens with two attached hydrogens (primary N) is 2. The molecule has 0 aromatic carbocycles. The Balaban J connectivity index is 5.12. The van der Waals surface area contributed by atoms with Gasteiger partial charge in [-0.3, -0.25) is 19.2 Å². The molecule has 160 valence electrons. The summed E-state index contributed by atoms with van der Waals surface area (Å²) in [7, 11) is 0. The van der Waals surface area contributed by atoms with Crippen molar-refractivity contribution in [3.8, 4) is 0 Å². The molecule has 3 unspecified atom stereocenters. The summed E-state index contributed by atoms with van der Waals surface area (Å²) >= 11 is 5.43. The number of thioether (sulfide) groups is 1. The maximum Gasteiger partial charge on any atom is 0.326 e. The van der Waals surface area contributed by atoms with Crippen LogP contribution in [0, 0.1) is 0 Å². The van der Waals surface area contributed by atoms with Crippen molar-refractivity contribution in [1.82, 2.24) is 16.0 Å². The SMILES string of the molecule is CSCCC(NC(=O)C(CS)NC(=O)CN)C(=O)NC(CCC(N)=O)C(=O)O. The van der Waals surface area contributed by atoms with Crippen LogP contribution in [0.3, 0.4) is 0 Å². The average Bonchev–Trinajstić information content (AvgIpc) is 2.65. The number of carboxylic acid groups (broad SMARTS) is 1. The van der Waals surface area contributed by atoms with Crippen LogP contribution in [0.5, 0.6) is 0 Å². The quantitative estimate of drug-likeness (QED) is 0.144. The van der Waals surface area contributed by atoms with Crippen LogP contribution in [0.4, 0.5) is 0 Å². The summed E-state index contributed by atoms with van der Waals surface area (Å²) in [6.45, 7) is -0.311. The van der Waals surface area contributed by atoms with Crippen molar-refractivity contribution in [3.05, 3.63) is 0 Å². The summed E-state index contributed by atoms with van der Waals surface area (Å²) in [5.74, 6) is -3.46. The molecule has 3 atom stereocenters. The van der Waals surface area contributed by atoms with Gasteiger partial charge in [0.1, 0.15) is 18.1 Å². The number of rotatable bonds is 14. The Bertz CT molecular complexity index is 577. The van der Waals surface area contributed by atoms with E-state index in [9.17, 15) is 29.1 Å².